The second-order valence-corrected chi connectivity index (χ2v) is 5.53. The smallest absolute Gasteiger partial charge is 0.0474 e. The van der Waals surface area contributed by atoms with E-state index in [1.807, 2.05) is 0 Å². The van der Waals surface area contributed by atoms with Gasteiger partial charge < -0.3 is 10.1 Å². The van der Waals surface area contributed by atoms with Crippen LogP contribution in [0.4, 0.5) is 0 Å². The minimum Gasteiger partial charge on any atom is -0.385 e. The molecule has 0 fully saturated rings. The van der Waals surface area contributed by atoms with Crippen LogP contribution in [0.2, 0.25) is 0 Å². The lowest BCUT2D eigenvalue weighted by atomic mass is 9.90. The molecule has 14 heavy (non-hydrogen) atoms. The van der Waals surface area contributed by atoms with Crippen molar-refractivity contribution >= 4 is 11.6 Å². The highest BCUT2D eigenvalue weighted by Gasteiger charge is 2.15. The van der Waals surface area contributed by atoms with E-state index in [-0.39, 0.29) is 5.38 Å². The van der Waals surface area contributed by atoms with Gasteiger partial charge >= 0.3 is 0 Å². The van der Waals surface area contributed by atoms with Crippen molar-refractivity contribution in [3.05, 3.63) is 0 Å². The maximum atomic E-state index is 6.18. The molecule has 0 aromatic carbocycles. The highest BCUT2D eigenvalue weighted by atomic mass is 35.5. The van der Waals surface area contributed by atoms with Gasteiger partial charge in [-0.3, -0.25) is 0 Å². The molecular formula is C11H24ClNO. The summed E-state index contributed by atoms with van der Waals surface area (Å²) in [7, 11) is 1.73. The van der Waals surface area contributed by atoms with Crippen molar-refractivity contribution in [1.82, 2.24) is 5.32 Å². The van der Waals surface area contributed by atoms with E-state index in [0.717, 1.165) is 32.5 Å². The lowest BCUT2D eigenvalue weighted by molar-refractivity contribution is 0.194. The lowest BCUT2D eigenvalue weighted by Gasteiger charge is -2.21. The van der Waals surface area contributed by atoms with Crippen LogP contribution in [0.15, 0.2) is 0 Å². The Morgan fingerprint density at radius 2 is 2.00 bits per heavy atom. The summed E-state index contributed by atoms with van der Waals surface area (Å²) in [5.74, 6) is 0. The van der Waals surface area contributed by atoms with E-state index in [1.165, 1.54) is 0 Å². The van der Waals surface area contributed by atoms with Crippen LogP contribution in [0.3, 0.4) is 0 Å². The summed E-state index contributed by atoms with van der Waals surface area (Å²) >= 11 is 6.18. The van der Waals surface area contributed by atoms with E-state index in [1.54, 1.807) is 7.11 Å². The topological polar surface area (TPSA) is 21.3 Å². The molecule has 1 unspecified atom stereocenters. The molecule has 1 N–H and O–H groups in total. The highest BCUT2D eigenvalue weighted by molar-refractivity contribution is 6.20. The molecule has 3 heteroatoms. The quantitative estimate of drug-likeness (QED) is 0.527. The SMILES string of the molecule is COCCCNCC(Cl)CC(C)(C)C. The minimum atomic E-state index is 0.234. The average Bonchev–Trinajstić information content (AvgIpc) is 2.00. The molecule has 0 aromatic rings. The molecule has 0 saturated carbocycles. The van der Waals surface area contributed by atoms with E-state index in [0.29, 0.717) is 5.41 Å². The van der Waals surface area contributed by atoms with Crippen LogP contribution >= 0.6 is 11.6 Å². The molecule has 86 valence electrons. The molecule has 0 aliphatic carbocycles. The van der Waals surface area contributed by atoms with Gasteiger partial charge in [0.05, 0.1) is 0 Å². The van der Waals surface area contributed by atoms with Gasteiger partial charge in [0.15, 0.2) is 0 Å². The van der Waals surface area contributed by atoms with Crippen LogP contribution < -0.4 is 5.32 Å². The van der Waals surface area contributed by atoms with Crippen LogP contribution in [-0.2, 0) is 4.74 Å². The van der Waals surface area contributed by atoms with Crippen LogP contribution in [0.25, 0.3) is 0 Å². The van der Waals surface area contributed by atoms with Crippen molar-refractivity contribution in [1.29, 1.82) is 0 Å². The van der Waals surface area contributed by atoms with E-state index >= 15 is 0 Å². The first-order valence-electron chi connectivity index (χ1n) is 5.29. The monoisotopic (exact) mass is 221 g/mol. The zero-order valence-corrected chi connectivity index (χ0v) is 10.7. The number of hydrogen-bond acceptors (Lipinski definition) is 2. The lowest BCUT2D eigenvalue weighted by Crippen LogP contribution is -2.27. The van der Waals surface area contributed by atoms with Gasteiger partial charge in [0.1, 0.15) is 0 Å². The molecule has 0 saturated heterocycles. The molecule has 0 rings (SSSR count). The Morgan fingerprint density at radius 3 is 2.50 bits per heavy atom. The van der Waals surface area contributed by atoms with Gasteiger partial charge in [-0.15, -0.1) is 11.6 Å². The number of nitrogens with one attached hydrogen (secondary N) is 1. The number of alkyl halides is 1. The normalized spacial score (nSPS) is 14.4. The number of hydrogen-bond donors (Lipinski definition) is 1. The van der Waals surface area contributed by atoms with Gasteiger partial charge in [0, 0.05) is 25.6 Å². The third kappa shape index (κ3) is 10.3. The standard InChI is InChI=1S/C11H24ClNO/c1-11(2,3)8-10(12)9-13-6-5-7-14-4/h10,13H,5-9H2,1-4H3. The summed E-state index contributed by atoms with van der Waals surface area (Å²) < 4.78 is 4.96. The average molecular weight is 222 g/mol. The Balaban J connectivity index is 3.31. The first-order valence-corrected chi connectivity index (χ1v) is 5.73. The molecule has 0 spiro atoms. The molecule has 2 nitrogen and oxygen atoms in total. The third-order valence-electron chi connectivity index (χ3n) is 1.90. The summed E-state index contributed by atoms with van der Waals surface area (Å²) in [6, 6.07) is 0. The Labute approximate surface area is 93.4 Å². The summed E-state index contributed by atoms with van der Waals surface area (Å²) in [4.78, 5) is 0. The molecule has 0 aliphatic rings. The number of halogens is 1. The Hall–Kier alpha value is 0.210. The molecular weight excluding hydrogens is 198 g/mol. The fourth-order valence-electron chi connectivity index (χ4n) is 1.34. The molecule has 0 heterocycles. The predicted molar refractivity (Wildman–Crippen MR) is 63.1 cm³/mol. The third-order valence-corrected chi connectivity index (χ3v) is 2.21. The molecule has 0 radical (unpaired) electrons. The van der Waals surface area contributed by atoms with Gasteiger partial charge in [-0.1, -0.05) is 20.8 Å². The summed E-state index contributed by atoms with van der Waals surface area (Å²) in [5, 5.41) is 3.56. The zero-order valence-electron chi connectivity index (χ0n) is 9.90. The highest BCUT2D eigenvalue weighted by Crippen LogP contribution is 2.23. The predicted octanol–water partition coefficient (Wildman–Crippen LogP) is 2.66. The van der Waals surface area contributed by atoms with Crippen molar-refractivity contribution in [3.8, 4) is 0 Å². The van der Waals surface area contributed by atoms with Crippen molar-refractivity contribution in [2.45, 2.75) is 39.0 Å². The fourth-order valence-corrected chi connectivity index (χ4v) is 1.91. The van der Waals surface area contributed by atoms with Crippen LogP contribution in [0.1, 0.15) is 33.6 Å². The Kier molecular flexibility index (Phi) is 7.61. The summed E-state index contributed by atoms with van der Waals surface area (Å²) in [5.41, 5.74) is 0.320. The minimum absolute atomic E-state index is 0.234. The van der Waals surface area contributed by atoms with Crippen LogP contribution in [-0.4, -0.2) is 32.2 Å². The van der Waals surface area contributed by atoms with Gasteiger partial charge in [0.25, 0.3) is 0 Å². The van der Waals surface area contributed by atoms with E-state index in [4.69, 9.17) is 16.3 Å². The van der Waals surface area contributed by atoms with Gasteiger partial charge in [0.2, 0.25) is 0 Å². The first-order chi connectivity index (χ1) is 6.45. The second-order valence-electron chi connectivity index (χ2n) is 4.91. The Morgan fingerprint density at radius 1 is 1.36 bits per heavy atom. The Bertz CT molecular complexity index is 134. The second kappa shape index (κ2) is 7.49. The number of methoxy groups -OCH3 is 1. The maximum Gasteiger partial charge on any atom is 0.0474 e. The van der Waals surface area contributed by atoms with Gasteiger partial charge in [-0.05, 0) is 24.8 Å². The summed E-state index contributed by atoms with van der Waals surface area (Å²) in [6.45, 7) is 9.34. The molecule has 0 aliphatic heterocycles. The first kappa shape index (κ1) is 14.2. The van der Waals surface area contributed by atoms with Crippen molar-refractivity contribution in [2.75, 3.05) is 26.8 Å². The largest absolute Gasteiger partial charge is 0.385 e. The van der Waals surface area contributed by atoms with Crippen molar-refractivity contribution < 1.29 is 4.74 Å². The van der Waals surface area contributed by atoms with E-state index < -0.39 is 0 Å². The van der Waals surface area contributed by atoms with Gasteiger partial charge in [-0.2, -0.15) is 0 Å². The molecule has 0 aromatic heterocycles. The van der Waals surface area contributed by atoms with Crippen molar-refractivity contribution in [3.63, 3.8) is 0 Å². The fraction of sp³-hybridized carbons (Fsp3) is 1.00. The summed E-state index contributed by atoms with van der Waals surface area (Å²) in [6.07, 6.45) is 2.10. The van der Waals surface area contributed by atoms with Gasteiger partial charge in [-0.25, -0.2) is 0 Å². The molecule has 0 amide bonds. The zero-order chi connectivity index (χ0) is 11.0. The molecule has 1 atom stereocenters. The van der Waals surface area contributed by atoms with Crippen LogP contribution in [0.5, 0.6) is 0 Å². The maximum absolute atomic E-state index is 6.18. The number of rotatable bonds is 7. The molecule has 0 bridgehead atoms. The van der Waals surface area contributed by atoms with Crippen molar-refractivity contribution in [2.24, 2.45) is 5.41 Å². The van der Waals surface area contributed by atoms with E-state index in [9.17, 15) is 0 Å². The van der Waals surface area contributed by atoms with Crippen LogP contribution in [0, 0.1) is 5.41 Å². The van der Waals surface area contributed by atoms with E-state index in [2.05, 4.69) is 26.1 Å². The number of ether oxygens (including phenoxy) is 1.